The van der Waals surface area contributed by atoms with Crippen LogP contribution in [0.15, 0.2) is 83.1 Å². The second-order valence-electron chi connectivity index (χ2n) is 12.0. The van der Waals surface area contributed by atoms with Crippen molar-refractivity contribution in [3.8, 4) is 0 Å². The molecule has 0 saturated carbocycles. The molecule has 1 amide bonds. The molecule has 0 aliphatic carbocycles. The minimum absolute atomic E-state index is 0.0469. The van der Waals surface area contributed by atoms with E-state index in [0.29, 0.717) is 64.0 Å². The average Bonchev–Trinajstić information content (AvgIpc) is 3.82. The molecule has 1 atom stereocenters. The Morgan fingerprint density at radius 2 is 1.79 bits per heavy atom. The van der Waals surface area contributed by atoms with Crippen LogP contribution >= 0.6 is 22.7 Å². The first-order valence-electron chi connectivity index (χ1n) is 16.2. The van der Waals surface area contributed by atoms with Gasteiger partial charge in [-0.1, -0.05) is 24.3 Å². The summed E-state index contributed by atoms with van der Waals surface area (Å²) in [5.74, 6) is 0.287. The number of halogens is 3. The molecule has 11 nitrogen and oxygen atoms in total. The number of aromatic nitrogens is 5. The second-order valence-corrected chi connectivity index (χ2v) is 14.1. The molecular formula is C36H30F3N7O4S2. The maximum Gasteiger partial charge on any atom is 0.416 e. The third kappa shape index (κ3) is 7.72. The Labute approximate surface area is 302 Å². The van der Waals surface area contributed by atoms with Crippen LogP contribution in [0.4, 0.5) is 19.0 Å². The number of rotatable bonds is 9. The van der Waals surface area contributed by atoms with Crippen molar-refractivity contribution in [1.29, 1.82) is 0 Å². The smallest absolute Gasteiger partial charge is 0.416 e. The number of hydrogen-bond donors (Lipinski definition) is 0. The summed E-state index contributed by atoms with van der Waals surface area (Å²) in [6.07, 6.45) is -0.574. The van der Waals surface area contributed by atoms with Crippen LogP contribution in [0.25, 0.3) is 27.1 Å². The number of thiazole rings is 1. The minimum Gasteiger partial charge on any atom is -0.454 e. The van der Waals surface area contributed by atoms with Crippen molar-refractivity contribution in [3.05, 3.63) is 116 Å². The van der Waals surface area contributed by atoms with Crippen molar-refractivity contribution < 1.29 is 27.5 Å². The van der Waals surface area contributed by atoms with E-state index in [1.54, 1.807) is 65.8 Å². The van der Waals surface area contributed by atoms with Crippen LogP contribution in [-0.4, -0.2) is 67.7 Å². The van der Waals surface area contributed by atoms with Gasteiger partial charge in [0.25, 0.3) is 5.56 Å². The minimum atomic E-state index is -4.51. The van der Waals surface area contributed by atoms with Crippen molar-refractivity contribution in [2.75, 3.05) is 31.1 Å². The van der Waals surface area contributed by atoms with Gasteiger partial charge in [-0.15, -0.1) is 22.7 Å². The van der Waals surface area contributed by atoms with Gasteiger partial charge in [0.1, 0.15) is 10.8 Å². The van der Waals surface area contributed by atoms with E-state index < -0.39 is 29.4 Å². The highest BCUT2D eigenvalue weighted by molar-refractivity contribution is 7.18. The molecule has 0 spiro atoms. The summed E-state index contributed by atoms with van der Waals surface area (Å²) in [7, 11) is 0. The molecule has 6 aromatic rings. The highest BCUT2D eigenvalue weighted by Crippen LogP contribution is 2.33. The molecule has 5 heterocycles. The van der Waals surface area contributed by atoms with Gasteiger partial charge in [-0.05, 0) is 54.8 Å². The van der Waals surface area contributed by atoms with Gasteiger partial charge in [0.05, 0.1) is 39.8 Å². The number of carbonyl (C=O) groups excluding carboxylic acids is 2. The summed E-state index contributed by atoms with van der Waals surface area (Å²) in [6.45, 7) is 3.76. The van der Waals surface area contributed by atoms with Crippen LogP contribution in [0, 0.1) is 0 Å². The lowest BCUT2D eigenvalue weighted by Gasteiger charge is -2.35. The lowest BCUT2D eigenvalue weighted by Crippen LogP contribution is -2.48. The quantitative estimate of drug-likeness (QED) is 0.127. The molecule has 7 rings (SSSR count). The highest BCUT2D eigenvalue weighted by atomic mass is 32.1. The molecule has 4 aromatic heterocycles. The average molecular weight is 746 g/mol. The SMILES string of the molecule is C[C@@H](OC(=O)Cc1nn(Cc2nc3cc(C(F)(F)F)ccc3s2)c(=O)c2ccccc12)c1nccc(N2CCN(C(=O)C=Cc3cccs3)CC2)n1. The first kappa shape index (κ1) is 34.9. The summed E-state index contributed by atoms with van der Waals surface area (Å²) < 4.78 is 47.1. The fourth-order valence-electron chi connectivity index (χ4n) is 5.86. The molecule has 0 unspecified atom stereocenters. The van der Waals surface area contributed by atoms with E-state index in [1.165, 1.54) is 6.07 Å². The maximum absolute atomic E-state index is 13.4. The summed E-state index contributed by atoms with van der Waals surface area (Å²) in [5, 5.41) is 7.63. The van der Waals surface area contributed by atoms with Gasteiger partial charge in [-0.2, -0.15) is 18.3 Å². The van der Waals surface area contributed by atoms with Crippen LogP contribution in [0.1, 0.15) is 40.0 Å². The molecule has 266 valence electrons. The predicted octanol–water partition coefficient (Wildman–Crippen LogP) is 6.13. The molecule has 0 bridgehead atoms. The molecule has 1 aliphatic rings. The van der Waals surface area contributed by atoms with Crippen molar-refractivity contribution in [2.45, 2.75) is 32.2 Å². The molecule has 16 heteroatoms. The van der Waals surface area contributed by atoms with Crippen LogP contribution in [0.5, 0.6) is 0 Å². The van der Waals surface area contributed by atoms with Gasteiger partial charge in [0.2, 0.25) is 5.91 Å². The highest BCUT2D eigenvalue weighted by Gasteiger charge is 2.31. The number of carbonyl (C=O) groups is 2. The lowest BCUT2D eigenvalue weighted by atomic mass is 10.1. The van der Waals surface area contributed by atoms with Crippen LogP contribution < -0.4 is 10.5 Å². The number of piperazine rings is 1. The summed E-state index contributed by atoms with van der Waals surface area (Å²) in [4.78, 5) is 57.5. The van der Waals surface area contributed by atoms with Gasteiger partial charge < -0.3 is 14.5 Å². The first-order valence-corrected chi connectivity index (χ1v) is 17.9. The van der Waals surface area contributed by atoms with Crippen molar-refractivity contribution in [2.24, 2.45) is 0 Å². The molecule has 1 aliphatic heterocycles. The monoisotopic (exact) mass is 745 g/mol. The zero-order valence-electron chi connectivity index (χ0n) is 27.6. The topological polar surface area (TPSA) is 123 Å². The Morgan fingerprint density at radius 1 is 1.00 bits per heavy atom. The number of ether oxygens (including phenoxy) is 1. The van der Waals surface area contributed by atoms with Crippen LogP contribution in [0.3, 0.4) is 0 Å². The third-order valence-electron chi connectivity index (χ3n) is 8.48. The molecular weight excluding hydrogens is 716 g/mol. The summed E-state index contributed by atoms with van der Waals surface area (Å²) >= 11 is 2.72. The molecule has 2 aromatic carbocycles. The van der Waals surface area contributed by atoms with E-state index in [4.69, 9.17) is 4.74 Å². The van der Waals surface area contributed by atoms with Crippen molar-refractivity contribution >= 4 is 67.4 Å². The number of nitrogens with zero attached hydrogens (tertiary/aromatic N) is 7. The predicted molar refractivity (Wildman–Crippen MR) is 192 cm³/mol. The van der Waals surface area contributed by atoms with Crippen molar-refractivity contribution in [1.82, 2.24) is 29.6 Å². The molecule has 0 radical (unpaired) electrons. The van der Waals surface area contributed by atoms with E-state index in [9.17, 15) is 27.6 Å². The first-order chi connectivity index (χ1) is 25.0. The number of fused-ring (bicyclic) bond motifs is 2. The van der Waals surface area contributed by atoms with Crippen molar-refractivity contribution in [3.63, 3.8) is 0 Å². The zero-order chi connectivity index (χ0) is 36.4. The van der Waals surface area contributed by atoms with E-state index in [2.05, 4.69) is 20.1 Å². The van der Waals surface area contributed by atoms with Crippen LogP contribution in [0.2, 0.25) is 0 Å². The van der Waals surface area contributed by atoms with E-state index in [-0.39, 0.29) is 24.4 Å². The standard InChI is InChI=1S/C36H30F3N7O4S2/c1-22(34-40-13-12-30(42-34)44-14-16-45(17-15-44)32(47)11-9-24-5-4-18-51-24)50-33(48)20-27-25-6-2-3-7-26(25)35(49)46(43-27)21-31-41-28-19-23(36(37,38)39)8-10-29(28)52-31/h2-13,18-19,22H,14-17,20-21H2,1H3/t22-/m1/s1. The number of hydrogen-bond acceptors (Lipinski definition) is 11. The van der Waals surface area contributed by atoms with E-state index in [1.807, 2.05) is 28.5 Å². The Kier molecular flexibility index (Phi) is 9.83. The summed E-state index contributed by atoms with van der Waals surface area (Å²) in [5.41, 5.74) is -0.778. The number of amides is 1. The van der Waals surface area contributed by atoms with Crippen LogP contribution in [-0.2, 0) is 33.5 Å². The number of benzene rings is 2. The lowest BCUT2D eigenvalue weighted by molar-refractivity contribution is -0.148. The summed E-state index contributed by atoms with van der Waals surface area (Å²) in [6, 6.07) is 15.7. The third-order valence-corrected chi connectivity index (χ3v) is 10.3. The largest absolute Gasteiger partial charge is 0.454 e. The fourth-order valence-corrected chi connectivity index (χ4v) is 7.40. The molecule has 52 heavy (non-hydrogen) atoms. The van der Waals surface area contributed by atoms with Gasteiger partial charge in [-0.25, -0.2) is 19.6 Å². The van der Waals surface area contributed by atoms with E-state index in [0.717, 1.165) is 33.0 Å². The second kappa shape index (κ2) is 14.6. The number of thiophene rings is 1. The van der Waals surface area contributed by atoms with Gasteiger partial charge in [0.15, 0.2) is 11.9 Å². The Balaban J connectivity index is 1.02. The zero-order valence-corrected chi connectivity index (χ0v) is 29.2. The number of anilines is 1. The number of esters is 1. The Bertz CT molecular complexity index is 2350. The van der Waals surface area contributed by atoms with Gasteiger partial charge in [-0.3, -0.25) is 14.4 Å². The maximum atomic E-state index is 13.4. The number of alkyl halides is 3. The van der Waals surface area contributed by atoms with Gasteiger partial charge in [0, 0.05) is 48.7 Å². The normalized spacial score (nSPS) is 14.4. The molecule has 1 fully saturated rings. The van der Waals surface area contributed by atoms with E-state index >= 15 is 0 Å². The molecule has 1 saturated heterocycles. The Morgan fingerprint density at radius 3 is 2.54 bits per heavy atom. The van der Waals surface area contributed by atoms with Gasteiger partial charge >= 0.3 is 12.1 Å². The molecule has 0 N–H and O–H groups in total. The Hall–Kier alpha value is -5.48. The fraction of sp³-hybridized carbons (Fsp3) is 0.250.